The Balaban J connectivity index is 0.00000147. The van der Waals surface area contributed by atoms with Crippen molar-refractivity contribution in [3.63, 3.8) is 0 Å². The van der Waals surface area contributed by atoms with Gasteiger partial charge in [-0.2, -0.15) is 0 Å². The Morgan fingerprint density at radius 3 is 2.20 bits per heavy atom. The number of para-hydroxylation sites is 1. The number of benzene rings is 2. The predicted octanol–water partition coefficient (Wildman–Crippen LogP) is 4.01. The molecule has 0 aliphatic carbocycles. The van der Waals surface area contributed by atoms with E-state index in [0.29, 0.717) is 0 Å². The fourth-order valence-corrected chi connectivity index (χ4v) is 3.02. The van der Waals surface area contributed by atoms with E-state index in [1.54, 1.807) is 11.9 Å². The number of rotatable bonds is 2. The van der Waals surface area contributed by atoms with Crippen LogP contribution in [-0.2, 0) is 0 Å². The Morgan fingerprint density at radius 1 is 1.00 bits per heavy atom. The van der Waals surface area contributed by atoms with Gasteiger partial charge in [-0.05, 0) is 17.7 Å². The van der Waals surface area contributed by atoms with Crippen LogP contribution in [0.1, 0.15) is 11.7 Å². The molecule has 1 N–H and O–H groups in total. The monoisotopic (exact) mass is 349 g/mol. The zero-order valence-electron chi connectivity index (χ0n) is 11.1. The van der Waals surface area contributed by atoms with E-state index in [-0.39, 0.29) is 23.1 Å². The molecule has 1 heterocycles. The molecule has 1 unspecified atom stereocenters. The lowest BCUT2D eigenvalue weighted by atomic mass is 10.1. The Labute approximate surface area is 134 Å². The number of anilines is 1. The maximum atomic E-state index is 4.27. The average Bonchev–Trinajstić information content (AvgIpc) is 2.93. The zero-order valence-corrected chi connectivity index (χ0v) is 13.6. The molecule has 3 rings (SSSR count). The second kappa shape index (κ2) is 6.81. The normalized spacial score (nSPS) is 19.6. The van der Waals surface area contributed by atoms with Crippen LogP contribution in [0.5, 0.6) is 0 Å². The molecule has 1 aliphatic rings. The van der Waals surface area contributed by atoms with E-state index in [4.69, 9.17) is 0 Å². The van der Waals surface area contributed by atoms with E-state index in [1.807, 2.05) is 19.2 Å². The minimum Gasteiger partial charge on any atom is -0.339 e. The van der Waals surface area contributed by atoms with E-state index in [2.05, 4.69) is 63.1 Å². The summed E-state index contributed by atoms with van der Waals surface area (Å²) in [5.41, 5.74) is 2.41. The number of nitrogens with zero attached hydrogens (tertiary/aromatic N) is 2. The molecule has 104 valence electrons. The molecule has 1 atom stereocenters. The molecule has 5 heteroatoms. The summed E-state index contributed by atoms with van der Waals surface area (Å²) in [6, 6.07) is 20.8. The summed E-state index contributed by atoms with van der Waals surface area (Å²) in [5.74, 6) is 0. The van der Waals surface area contributed by atoms with Crippen molar-refractivity contribution in [3.05, 3.63) is 66.2 Å². The van der Waals surface area contributed by atoms with Crippen molar-refractivity contribution in [2.45, 2.75) is 6.17 Å². The van der Waals surface area contributed by atoms with Gasteiger partial charge in [0.25, 0.3) is 0 Å². The van der Waals surface area contributed by atoms with Crippen LogP contribution >= 0.6 is 28.9 Å². The quantitative estimate of drug-likeness (QED) is 0.830. The molecule has 0 bridgehead atoms. The van der Waals surface area contributed by atoms with Crippen LogP contribution in [0.25, 0.3) is 0 Å². The van der Waals surface area contributed by atoms with Crippen molar-refractivity contribution in [2.24, 2.45) is 4.99 Å². The van der Waals surface area contributed by atoms with Gasteiger partial charge in [-0.15, -0.1) is 17.0 Å². The molecule has 0 radical (unpaired) electrons. The third-order valence-electron chi connectivity index (χ3n) is 3.01. The third kappa shape index (κ3) is 2.99. The van der Waals surface area contributed by atoms with Gasteiger partial charge in [0, 0.05) is 19.0 Å². The second-order valence-corrected chi connectivity index (χ2v) is 5.20. The molecular formula is C15H16BrN3S. The number of nitrogens with one attached hydrogen (secondary N) is 1. The molecule has 1 saturated heterocycles. The number of aliphatic imine (C=N–C) groups is 1. The van der Waals surface area contributed by atoms with Gasteiger partial charge in [-0.3, -0.25) is 9.30 Å². The van der Waals surface area contributed by atoms with Gasteiger partial charge >= 0.3 is 0 Å². The Kier molecular flexibility index (Phi) is 5.09. The molecule has 0 saturated carbocycles. The van der Waals surface area contributed by atoms with E-state index >= 15 is 0 Å². The number of hydrogen-bond acceptors (Lipinski definition) is 3. The Bertz CT molecular complexity index is 525. The lowest BCUT2D eigenvalue weighted by Crippen LogP contribution is -2.26. The van der Waals surface area contributed by atoms with Crippen molar-refractivity contribution in [1.29, 1.82) is 0 Å². The first-order chi connectivity index (χ1) is 9.38. The molecule has 2 aromatic carbocycles. The highest BCUT2D eigenvalue weighted by Gasteiger charge is 2.30. The summed E-state index contributed by atoms with van der Waals surface area (Å²) in [7, 11) is 1.81. The van der Waals surface area contributed by atoms with E-state index in [9.17, 15) is 0 Å². The number of hydrogen-bond donors (Lipinski definition) is 1. The summed E-state index contributed by atoms with van der Waals surface area (Å²) in [5, 5.41) is 4.39. The first kappa shape index (κ1) is 14.9. The van der Waals surface area contributed by atoms with E-state index in [1.165, 1.54) is 11.3 Å². The molecular weight excluding hydrogens is 334 g/mol. The largest absolute Gasteiger partial charge is 0.339 e. The molecule has 20 heavy (non-hydrogen) atoms. The topological polar surface area (TPSA) is 27.6 Å². The van der Waals surface area contributed by atoms with E-state index in [0.717, 1.165) is 5.17 Å². The molecule has 1 aliphatic heterocycles. The fraction of sp³-hybridized carbons (Fsp3) is 0.133. The lowest BCUT2D eigenvalue weighted by molar-refractivity contribution is 0.711. The molecule has 3 nitrogen and oxygen atoms in total. The second-order valence-electron chi connectivity index (χ2n) is 4.24. The Morgan fingerprint density at radius 2 is 1.60 bits per heavy atom. The predicted molar refractivity (Wildman–Crippen MR) is 92.5 cm³/mol. The summed E-state index contributed by atoms with van der Waals surface area (Å²) < 4.78 is 2.25. The van der Waals surface area contributed by atoms with Crippen molar-refractivity contribution in [2.75, 3.05) is 11.4 Å². The smallest absolute Gasteiger partial charge is 0.179 e. The van der Waals surface area contributed by atoms with Crippen LogP contribution in [0.15, 0.2) is 65.7 Å². The average molecular weight is 350 g/mol. The first-order valence-electron chi connectivity index (χ1n) is 6.19. The first-order valence-corrected chi connectivity index (χ1v) is 6.96. The Hall–Kier alpha value is -1.46. The minimum atomic E-state index is 0. The van der Waals surface area contributed by atoms with Crippen LogP contribution in [-0.4, -0.2) is 12.2 Å². The summed E-state index contributed by atoms with van der Waals surface area (Å²) in [6.07, 6.45) is 0.118. The highest BCUT2D eigenvalue weighted by Crippen LogP contribution is 2.37. The van der Waals surface area contributed by atoms with Crippen LogP contribution in [0, 0.1) is 0 Å². The fourth-order valence-electron chi connectivity index (χ4n) is 2.08. The van der Waals surface area contributed by atoms with Gasteiger partial charge in [-0.1, -0.05) is 48.5 Å². The highest BCUT2D eigenvalue weighted by atomic mass is 79.9. The van der Waals surface area contributed by atoms with Crippen LogP contribution in [0.3, 0.4) is 0 Å². The van der Waals surface area contributed by atoms with Crippen LogP contribution in [0.4, 0.5) is 5.69 Å². The maximum Gasteiger partial charge on any atom is 0.179 e. The van der Waals surface area contributed by atoms with Gasteiger partial charge in [0.2, 0.25) is 0 Å². The zero-order chi connectivity index (χ0) is 13.1. The maximum absolute atomic E-state index is 4.27. The highest BCUT2D eigenvalue weighted by molar-refractivity contribution is 8.93. The van der Waals surface area contributed by atoms with Gasteiger partial charge < -0.3 is 5.32 Å². The standard InChI is InChI=1S/C15H15N3S.BrH/c1-16-15-17-14(12-8-4-2-5-9-12)18(19-15)13-10-6-3-7-11-13;/h2-11,14H,1H3,(H,16,17);1H. The molecule has 0 aromatic heterocycles. The minimum absolute atomic E-state index is 0. The molecule has 1 fully saturated rings. The van der Waals surface area contributed by atoms with Crippen molar-refractivity contribution in [1.82, 2.24) is 5.32 Å². The lowest BCUT2D eigenvalue weighted by Gasteiger charge is -2.23. The summed E-state index contributed by atoms with van der Waals surface area (Å²) in [4.78, 5) is 4.27. The SMILES string of the molecule is Br.CN=C1NC(c2ccccc2)N(c2ccccc2)S1. The molecule has 0 spiro atoms. The third-order valence-corrected chi connectivity index (χ3v) is 4.10. The number of halogens is 1. The van der Waals surface area contributed by atoms with Crippen molar-refractivity contribution < 1.29 is 0 Å². The van der Waals surface area contributed by atoms with E-state index < -0.39 is 0 Å². The van der Waals surface area contributed by atoms with Gasteiger partial charge in [0.05, 0.1) is 5.69 Å². The van der Waals surface area contributed by atoms with Gasteiger partial charge in [0.15, 0.2) is 5.17 Å². The van der Waals surface area contributed by atoms with Crippen LogP contribution in [0.2, 0.25) is 0 Å². The van der Waals surface area contributed by atoms with Gasteiger partial charge in [0.1, 0.15) is 6.17 Å². The molecule has 2 aromatic rings. The number of amidine groups is 1. The van der Waals surface area contributed by atoms with Crippen molar-refractivity contribution in [3.8, 4) is 0 Å². The summed E-state index contributed by atoms with van der Waals surface area (Å²) >= 11 is 1.64. The van der Waals surface area contributed by atoms with Crippen molar-refractivity contribution >= 4 is 39.8 Å². The summed E-state index contributed by atoms with van der Waals surface area (Å²) in [6.45, 7) is 0. The molecule has 0 amide bonds. The van der Waals surface area contributed by atoms with Crippen LogP contribution < -0.4 is 9.62 Å². The van der Waals surface area contributed by atoms with Gasteiger partial charge in [-0.25, -0.2) is 0 Å².